The van der Waals surface area contributed by atoms with Crippen LogP contribution in [0.15, 0.2) is 12.2 Å². The fourth-order valence-corrected chi connectivity index (χ4v) is 6.13. The molecule has 1 saturated heterocycles. The zero-order valence-corrected chi connectivity index (χ0v) is 17.0. The van der Waals surface area contributed by atoms with Crippen molar-refractivity contribution in [2.75, 3.05) is 0 Å². The molecule has 0 spiro atoms. The van der Waals surface area contributed by atoms with Crippen molar-refractivity contribution in [3.63, 3.8) is 0 Å². The summed E-state index contributed by atoms with van der Waals surface area (Å²) in [6.07, 6.45) is 1.62. The summed E-state index contributed by atoms with van der Waals surface area (Å²) in [6.45, 7) is 25.7. The Morgan fingerprint density at radius 2 is 1.61 bits per heavy atom. The molecule has 9 atom stereocenters. The van der Waals surface area contributed by atoms with Crippen molar-refractivity contribution in [1.82, 2.24) is 0 Å². The highest BCUT2D eigenvalue weighted by Gasteiger charge is 2.53. The summed E-state index contributed by atoms with van der Waals surface area (Å²) in [5.41, 5.74) is 1.37. The Labute approximate surface area is 145 Å². The molecular formula is C22H40O. The first-order valence-electron chi connectivity index (χ1n) is 9.81. The van der Waals surface area contributed by atoms with Gasteiger partial charge in [0.2, 0.25) is 0 Å². The molecule has 1 nitrogen and oxygen atoms in total. The quantitative estimate of drug-likeness (QED) is 0.563. The van der Waals surface area contributed by atoms with Crippen LogP contribution in [0, 0.1) is 47.3 Å². The van der Waals surface area contributed by atoms with E-state index in [0.717, 1.165) is 17.8 Å². The van der Waals surface area contributed by atoms with E-state index in [9.17, 15) is 0 Å². The molecule has 1 saturated carbocycles. The lowest BCUT2D eigenvalue weighted by molar-refractivity contribution is -0.221. The predicted molar refractivity (Wildman–Crippen MR) is 100 cm³/mol. The van der Waals surface area contributed by atoms with E-state index in [1.807, 2.05) is 0 Å². The monoisotopic (exact) mass is 320 g/mol. The number of hydrogen-bond acceptors (Lipinski definition) is 1. The molecule has 2 fully saturated rings. The van der Waals surface area contributed by atoms with E-state index in [1.165, 1.54) is 12.0 Å². The summed E-state index contributed by atoms with van der Waals surface area (Å²) < 4.78 is 6.62. The summed E-state index contributed by atoms with van der Waals surface area (Å²) in [5.74, 6) is 5.61. The van der Waals surface area contributed by atoms with Gasteiger partial charge in [-0.3, -0.25) is 0 Å². The Morgan fingerprint density at radius 3 is 2.13 bits per heavy atom. The van der Waals surface area contributed by atoms with Gasteiger partial charge in [-0.05, 0) is 74.5 Å². The van der Waals surface area contributed by atoms with Crippen LogP contribution in [0.3, 0.4) is 0 Å². The average molecular weight is 321 g/mol. The second kappa shape index (κ2) is 6.54. The second-order valence-electron chi connectivity index (χ2n) is 9.75. The first-order valence-corrected chi connectivity index (χ1v) is 9.81. The van der Waals surface area contributed by atoms with Crippen molar-refractivity contribution in [3.8, 4) is 0 Å². The first-order chi connectivity index (χ1) is 10.5. The molecule has 0 radical (unpaired) electrons. The Balaban J connectivity index is 2.31. The highest BCUT2D eigenvalue weighted by atomic mass is 16.5. The largest absolute Gasteiger partial charge is 0.372 e. The SMILES string of the molecule is C=C(C)C(C)C(C)C1C(C)C(C)C2OC(C)(C)CC(C)C2C1C. The van der Waals surface area contributed by atoms with E-state index in [0.29, 0.717) is 35.7 Å². The summed E-state index contributed by atoms with van der Waals surface area (Å²) in [4.78, 5) is 0. The zero-order valence-electron chi connectivity index (χ0n) is 17.0. The van der Waals surface area contributed by atoms with Gasteiger partial charge < -0.3 is 4.74 Å². The summed E-state index contributed by atoms with van der Waals surface area (Å²) in [5, 5.41) is 0. The van der Waals surface area contributed by atoms with Crippen LogP contribution >= 0.6 is 0 Å². The van der Waals surface area contributed by atoms with Gasteiger partial charge in [0, 0.05) is 0 Å². The van der Waals surface area contributed by atoms with Crippen LogP contribution in [-0.2, 0) is 4.74 Å². The van der Waals surface area contributed by atoms with Gasteiger partial charge >= 0.3 is 0 Å². The molecule has 0 N–H and O–H groups in total. The molecule has 1 aliphatic carbocycles. The third-order valence-electron chi connectivity index (χ3n) is 7.65. The van der Waals surface area contributed by atoms with Crippen molar-refractivity contribution in [2.45, 2.75) is 80.4 Å². The van der Waals surface area contributed by atoms with Crippen molar-refractivity contribution >= 4 is 0 Å². The molecule has 23 heavy (non-hydrogen) atoms. The van der Waals surface area contributed by atoms with Crippen LogP contribution < -0.4 is 0 Å². The number of hydrogen-bond donors (Lipinski definition) is 0. The maximum Gasteiger partial charge on any atom is 0.0643 e. The Hall–Kier alpha value is -0.300. The van der Waals surface area contributed by atoms with Crippen molar-refractivity contribution < 1.29 is 4.74 Å². The fraction of sp³-hybridized carbons (Fsp3) is 0.909. The van der Waals surface area contributed by atoms with Crippen LogP contribution in [0.2, 0.25) is 0 Å². The molecular weight excluding hydrogens is 280 g/mol. The van der Waals surface area contributed by atoms with Gasteiger partial charge in [-0.25, -0.2) is 0 Å². The van der Waals surface area contributed by atoms with Crippen molar-refractivity contribution in [1.29, 1.82) is 0 Å². The summed E-state index contributed by atoms with van der Waals surface area (Å²) in [6, 6.07) is 0. The Kier molecular flexibility index (Phi) is 5.41. The maximum absolute atomic E-state index is 6.62. The van der Waals surface area contributed by atoms with E-state index in [-0.39, 0.29) is 5.60 Å². The normalized spacial score (nSPS) is 45.9. The maximum atomic E-state index is 6.62. The third-order valence-corrected chi connectivity index (χ3v) is 7.65. The smallest absolute Gasteiger partial charge is 0.0643 e. The van der Waals surface area contributed by atoms with Crippen molar-refractivity contribution in [2.24, 2.45) is 47.3 Å². The standard InChI is InChI=1S/C22H40O/c1-12(2)14(4)15(5)20-16(6)17(7)21-19(18(20)8)13(3)11-22(9,10)23-21/h13-21H,1,11H2,2-10H3. The van der Waals surface area contributed by atoms with Crippen LogP contribution in [0.25, 0.3) is 0 Å². The molecule has 1 heterocycles. The molecule has 0 aromatic heterocycles. The van der Waals surface area contributed by atoms with Crippen LogP contribution in [-0.4, -0.2) is 11.7 Å². The number of allylic oxidation sites excluding steroid dienone is 1. The summed E-state index contributed by atoms with van der Waals surface area (Å²) >= 11 is 0. The highest BCUT2D eigenvalue weighted by molar-refractivity contribution is 5.04. The topological polar surface area (TPSA) is 9.23 Å². The number of fused-ring (bicyclic) bond motifs is 1. The molecule has 9 unspecified atom stereocenters. The molecule has 134 valence electrons. The van der Waals surface area contributed by atoms with E-state index >= 15 is 0 Å². The first kappa shape index (κ1) is 19.0. The Bertz CT molecular complexity index is 437. The van der Waals surface area contributed by atoms with E-state index in [4.69, 9.17) is 4.74 Å². The van der Waals surface area contributed by atoms with Crippen LogP contribution in [0.1, 0.15) is 68.7 Å². The van der Waals surface area contributed by atoms with Gasteiger partial charge in [-0.2, -0.15) is 0 Å². The second-order valence-corrected chi connectivity index (χ2v) is 9.75. The van der Waals surface area contributed by atoms with E-state index in [1.54, 1.807) is 0 Å². The Morgan fingerprint density at radius 1 is 1.04 bits per heavy atom. The molecule has 2 aliphatic rings. The van der Waals surface area contributed by atoms with Crippen LogP contribution in [0.5, 0.6) is 0 Å². The average Bonchev–Trinajstić information content (AvgIpc) is 2.41. The summed E-state index contributed by atoms with van der Waals surface area (Å²) in [7, 11) is 0. The highest BCUT2D eigenvalue weighted by Crippen LogP contribution is 2.54. The fourth-order valence-electron chi connectivity index (χ4n) is 6.13. The van der Waals surface area contributed by atoms with Gasteiger partial charge in [-0.15, -0.1) is 0 Å². The number of ether oxygens (including phenoxy) is 1. The van der Waals surface area contributed by atoms with Crippen molar-refractivity contribution in [3.05, 3.63) is 12.2 Å². The van der Waals surface area contributed by atoms with Crippen LogP contribution in [0.4, 0.5) is 0 Å². The minimum Gasteiger partial charge on any atom is -0.372 e. The van der Waals surface area contributed by atoms with E-state index in [2.05, 4.69) is 68.9 Å². The zero-order chi connectivity index (χ0) is 17.7. The van der Waals surface area contributed by atoms with Gasteiger partial charge in [-0.1, -0.05) is 53.7 Å². The molecule has 0 bridgehead atoms. The third kappa shape index (κ3) is 3.41. The molecule has 1 aliphatic heterocycles. The van der Waals surface area contributed by atoms with Gasteiger partial charge in [0.15, 0.2) is 0 Å². The molecule has 1 heteroatoms. The minimum atomic E-state index is 0.0394. The van der Waals surface area contributed by atoms with Gasteiger partial charge in [0.25, 0.3) is 0 Å². The molecule has 0 amide bonds. The lowest BCUT2D eigenvalue weighted by Gasteiger charge is -2.58. The van der Waals surface area contributed by atoms with E-state index < -0.39 is 0 Å². The molecule has 0 aromatic carbocycles. The minimum absolute atomic E-state index is 0.0394. The predicted octanol–water partition coefficient (Wildman–Crippen LogP) is 6.19. The molecule has 0 aromatic rings. The van der Waals surface area contributed by atoms with Gasteiger partial charge in [0.05, 0.1) is 11.7 Å². The molecule has 2 rings (SSSR count). The lowest BCUT2D eigenvalue weighted by atomic mass is 9.53. The number of rotatable bonds is 3. The lowest BCUT2D eigenvalue weighted by Crippen LogP contribution is -2.58. The van der Waals surface area contributed by atoms with Gasteiger partial charge in [0.1, 0.15) is 0 Å².